The summed E-state index contributed by atoms with van der Waals surface area (Å²) in [6.07, 6.45) is 9.15. The van der Waals surface area contributed by atoms with Crippen molar-refractivity contribution < 1.29 is 18.9 Å². The van der Waals surface area contributed by atoms with Crippen LogP contribution in [0, 0.1) is 5.92 Å². The molecule has 6 nitrogen and oxygen atoms in total. The lowest BCUT2D eigenvalue weighted by atomic mass is 9.76. The number of hydrogen-bond donors (Lipinski definition) is 3. The van der Waals surface area contributed by atoms with E-state index in [2.05, 4.69) is 16.1 Å². The Morgan fingerprint density at radius 3 is 2.58 bits per heavy atom. The minimum Gasteiger partial charge on any atom is -0.585 e. The molecule has 1 aromatic heterocycles. The largest absolute Gasteiger partial charge is 0.585 e. The topological polar surface area (TPSA) is 97.6 Å². The molecule has 0 spiro atoms. The van der Waals surface area contributed by atoms with Gasteiger partial charge in [0.25, 0.3) is 0 Å². The number of hydrogen-bond acceptors (Lipinski definition) is 4. The number of furan rings is 1. The lowest BCUT2D eigenvalue weighted by molar-refractivity contribution is -0.0115. The Kier molecular flexibility index (Phi) is 4.46. The van der Waals surface area contributed by atoms with Gasteiger partial charge in [-0.25, -0.2) is 4.79 Å². The van der Waals surface area contributed by atoms with Gasteiger partial charge >= 0.3 is 11.1 Å². The second-order valence-electron chi connectivity index (χ2n) is 9.76. The van der Waals surface area contributed by atoms with Crippen LogP contribution in [0.25, 0.3) is 0 Å². The number of urea groups is 1. The maximum Gasteiger partial charge on any atom is 0.361 e. The maximum absolute atomic E-state index is 12.9. The first kappa shape index (κ1) is 19.7. The number of aliphatic hydroxyl groups is 1. The lowest BCUT2D eigenvalue weighted by Gasteiger charge is -2.33. The van der Waals surface area contributed by atoms with Crippen molar-refractivity contribution in [3.05, 3.63) is 45.7 Å². The van der Waals surface area contributed by atoms with Crippen molar-refractivity contribution in [1.29, 1.82) is 0 Å². The first-order valence-corrected chi connectivity index (χ1v) is 12.6. The summed E-state index contributed by atoms with van der Waals surface area (Å²) in [6, 6.07) is 3.52. The summed E-state index contributed by atoms with van der Waals surface area (Å²) < 4.78 is 21.4. The second-order valence-corrected chi connectivity index (χ2v) is 10.9. The third-order valence-electron chi connectivity index (χ3n) is 7.96. The molecular weight excluding hydrogens is 412 g/mol. The summed E-state index contributed by atoms with van der Waals surface area (Å²) in [5.41, 5.74) is 5.85. The molecule has 0 aliphatic heterocycles. The van der Waals surface area contributed by atoms with Crippen LogP contribution >= 0.6 is 0 Å². The fourth-order valence-corrected chi connectivity index (χ4v) is 7.07. The van der Waals surface area contributed by atoms with E-state index in [0.29, 0.717) is 0 Å². The predicted molar refractivity (Wildman–Crippen MR) is 117 cm³/mol. The van der Waals surface area contributed by atoms with Crippen LogP contribution in [0.1, 0.15) is 78.5 Å². The summed E-state index contributed by atoms with van der Waals surface area (Å²) >= 11 is -1.82. The minimum atomic E-state index is -1.82. The molecule has 4 atom stereocenters. The SMILES string of the molecule is CC1(O)c2cc([S+]([O-])NC(=O)Nc3c4c(cc5c3CCC5)CCC4)oc2C2CCC1C2. The van der Waals surface area contributed by atoms with E-state index in [0.717, 1.165) is 74.8 Å². The molecule has 4 aliphatic carbocycles. The molecule has 1 aromatic carbocycles. The van der Waals surface area contributed by atoms with Crippen LogP contribution in [0.15, 0.2) is 21.6 Å². The Morgan fingerprint density at radius 1 is 1.16 bits per heavy atom. The van der Waals surface area contributed by atoms with Crippen molar-refractivity contribution >= 4 is 23.1 Å². The molecule has 2 bridgehead atoms. The third-order valence-corrected chi connectivity index (χ3v) is 8.90. The molecule has 1 heterocycles. The summed E-state index contributed by atoms with van der Waals surface area (Å²) in [5.74, 6) is 1.22. The van der Waals surface area contributed by atoms with Gasteiger partial charge in [-0.2, -0.15) is 0 Å². The van der Waals surface area contributed by atoms with E-state index >= 15 is 0 Å². The fraction of sp³-hybridized carbons (Fsp3) is 0.542. The lowest BCUT2D eigenvalue weighted by Crippen LogP contribution is -2.35. The number of rotatable bonds is 3. The smallest absolute Gasteiger partial charge is 0.361 e. The molecule has 6 rings (SSSR count). The van der Waals surface area contributed by atoms with E-state index in [-0.39, 0.29) is 16.9 Å². The van der Waals surface area contributed by atoms with Crippen molar-refractivity contribution in [1.82, 2.24) is 4.72 Å². The Labute approximate surface area is 185 Å². The average molecular weight is 441 g/mol. The number of aryl methyl sites for hydroxylation is 2. The van der Waals surface area contributed by atoms with Crippen molar-refractivity contribution in [2.75, 3.05) is 5.32 Å². The van der Waals surface area contributed by atoms with Crippen molar-refractivity contribution in [3.63, 3.8) is 0 Å². The van der Waals surface area contributed by atoms with Crippen LogP contribution in [-0.2, 0) is 42.6 Å². The Bertz CT molecular complexity index is 1040. The van der Waals surface area contributed by atoms with Crippen LogP contribution in [0.5, 0.6) is 0 Å². The van der Waals surface area contributed by atoms with Gasteiger partial charge in [-0.05, 0) is 92.9 Å². The highest BCUT2D eigenvalue weighted by molar-refractivity contribution is 7.89. The molecule has 2 aromatic rings. The molecule has 1 saturated carbocycles. The molecular formula is C24H28N2O4S. The molecule has 0 saturated heterocycles. The number of fused-ring (bicyclic) bond motifs is 6. The highest BCUT2D eigenvalue weighted by Crippen LogP contribution is 2.55. The quantitative estimate of drug-likeness (QED) is 0.623. The van der Waals surface area contributed by atoms with Crippen LogP contribution in [0.4, 0.5) is 10.5 Å². The third kappa shape index (κ3) is 3.04. The van der Waals surface area contributed by atoms with E-state index in [1.165, 1.54) is 22.3 Å². The Balaban J connectivity index is 1.23. The number of nitrogens with one attached hydrogen (secondary N) is 2. The predicted octanol–water partition coefficient (Wildman–Crippen LogP) is 4.21. The van der Waals surface area contributed by atoms with E-state index < -0.39 is 23.0 Å². The van der Waals surface area contributed by atoms with E-state index in [1.807, 2.05) is 6.92 Å². The van der Waals surface area contributed by atoms with Crippen LogP contribution in [0.3, 0.4) is 0 Å². The molecule has 3 N–H and O–H groups in total. The summed E-state index contributed by atoms with van der Waals surface area (Å²) in [7, 11) is 0. The van der Waals surface area contributed by atoms with Crippen molar-refractivity contribution in [2.45, 2.75) is 81.3 Å². The van der Waals surface area contributed by atoms with Gasteiger partial charge < -0.3 is 19.4 Å². The van der Waals surface area contributed by atoms with Gasteiger partial charge in [-0.1, -0.05) is 6.07 Å². The highest BCUT2D eigenvalue weighted by Gasteiger charge is 2.49. The van der Waals surface area contributed by atoms with Crippen LogP contribution < -0.4 is 10.0 Å². The average Bonchev–Trinajstić information content (AvgIpc) is 3.51. The molecule has 31 heavy (non-hydrogen) atoms. The zero-order valence-corrected chi connectivity index (χ0v) is 18.6. The first-order valence-electron chi connectivity index (χ1n) is 11.4. The number of carbonyl (C=O) groups excluding carboxylic acids is 1. The Morgan fingerprint density at radius 2 is 1.87 bits per heavy atom. The maximum atomic E-state index is 12.9. The van der Waals surface area contributed by atoms with E-state index in [9.17, 15) is 14.5 Å². The van der Waals surface area contributed by atoms with Gasteiger partial charge in [0.2, 0.25) is 0 Å². The number of anilines is 1. The number of carbonyl (C=O) groups is 1. The monoisotopic (exact) mass is 440 g/mol. The number of benzene rings is 1. The second kappa shape index (κ2) is 7.02. The molecule has 164 valence electrons. The highest BCUT2D eigenvalue weighted by atomic mass is 32.2. The normalized spacial score (nSPS) is 28.7. The molecule has 4 aliphatic rings. The van der Waals surface area contributed by atoms with E-state index in [1.54, 1.807) is 6.07 Å². The molecule has 7 heteroatoms. The summed E-state index contributed by atoms with van der Waals surface area (Å²) in [6.45, 7) is 1.82. The fourth-order valence-electron chi connectivity index (χ4n) is 6.36. The first-order chi connectivity index (χ1) is 14.9. The van der Waals surface area contributed by atoms with E-state index in [4.69, 9.17) is 4.42 Å². The zero-order chi connectivity index (χ0) is 21.3. The van der Waals surface area contributed by atoms with Gasteiger partial charge in [-0.3, -0.25) is 0 Å². The van der Waals surface area contributed by atoms with Crippen LogP contribution in [-0.4, -0.2) is 15.7 Å². The van der Waals surface area contributed by atoms with Gasteiger partial charge in [0.05, 0.1) is 5.60 Å². The summed E-state index contributed by atoms with van der Waals surface area (Å²) in [4.78, 5) is 12.8. The molecule has 2 amide bonds. The zero-order valence-electron chi connectivity index (χ0n) is 17.8. The Hall–Kier alpha value is -1.96. The minimum absolute atomic E-state index is 0.205. The van der Waals surface area contributed by atoms with Gasteiger partial charge in [-0.15, -0.1) is 4.72 Å². The van der Waals surface area contributed by atoms with Gasteiger partial charge in [0.15, 0.2) is 0 Å². The molecule has 4 unspecified atom stereocenters. The standard InChI is InChI=1S/C24H28N2O4S/c1-24(28)16-9-8-15(11-16)22-19(24)12-20(30-22)31(29)26-23(27)25-21-17-6-2-4-13(17)10-14-5-3-7-18(14)21/h10,12,15-16,28H,2-9,11H2,1H3,(H2,25,26,27). The molecule has 0 radical (unpaired) electrons. The van der Waals surface area contributed by atoms with Crippen molar-refractivity contribution in [3.8, 4) is 0 Å². The van der Waals surface area contributed by atoms with Gasteiger partial charge in [0.1, 0.15) is 17.1 Å². The van der Waals surface area contributed by atoms with Crippen LogP contribution in [0.2, 0.25) is 0 Å². The number of amides is 2. The van der Waals surface area contributed by atoms with Gasteiger partial charge in [0, 0.05) is 23.2 Å². The van der Waals surface area contributed by atoms with Crippen molar-refractivity contribution in [2.24, 2.45) is 5.92 Å². The summed E-state index contributed by atoms with van der Waals surface area (Å²) in [5, 5.41) is 14.2. The molecule has 1 fully saturated rings.